The maximum Gasteiger partial charge on any atom is 0.331 e. The van der Waals surface area contributed by atoms with Crippen molar-refractivity contribution in [1.82, 2.24) is 0 Å². The molecule has 0 amide bonds. The molecule has 0 aliphatic rings. The van der Waals surface area contributed by atoms with Crippen LogP contribution in [0.3, 0.4) is 0 Å². The summed E-state index contributed by atoms with van der Waals surface area (Å²) in [5, 5.41) is 7.76. The average Bonchev–Trinajstić information content (AvgIpc) is 3.32. The molecular formula is C32H23ClO2S. The molecule has 0 fully saturated rings. The van der Waals surface area contributed by atoms with Crippen LogP contribution in [0.5, 0.6) is 0 Å². The van der Waals surface area contributed by atoms with Crippen molar-refractivity contribution in [2.75, 3.05) is 0 Å². The summed E-state index contributed by atoms with van der Waals surface area (Å²) in [6, 6.07) is 32.0. The van der Waals surface area contributed by atoms with Crippen molar-refractivity contribution >= 4 is 70.6 Å². The topological polar surface area (TPSA) is 26.3 Å². The van der Waals surface area contributed by atoms with E-state index < -0.39 is 11.5 Å². The van der Waals surface area contributed by atoms with Gasteiger partial charge in [0, 0.05) is 31.8 Å². The highest BCUT2D eigenvalue weighted by Gasteiger charge is 2.18. The Kier molecular flexibility index (Phi) is 5.96. The van der Waals surface area contributed by atoms with E-state index in [-0.39, 0.29) is 0 Å². The first-order valence-corrected chi connectivity index (χ1v) is 13.2. The number of carbonyl (C=O) groups excluding carboxylic acids is 1. The molecule has 36 heavy (non-hydrogen) atoms. The van der Waals surface area contributed by atoms with Crippen LogP contribution in [-0.4, -0.2) is 5.97 Å². The minimum absolute atomic E-state index is 0.529. The monoisotopic (exact) mass is 506 g/mol. The molecule has 1 aromatic heterocycles. The predicted molar refractivity (Wildman–Crippen MR) is 153 cm³/mol. The second-order valence-electron chi connectivity index (χ2n) is 8.88. The number of hydrogen-bond donors (Lipinski definition) is 0. The van der Waals surface area contributed by atoms with E-state index in [4.69, 9.17) is 16.3 Å². The fourth-order valence-electron chi connectivity index (χ4n) is 5.11. The van der Waals surface area contributed by atoms with Gasteiger partial charge in [0.1, 0.15) is 0 Å². The van der Waals surface area contributed by atoms with Gasteiger partial charge in [-0.1, -0.05) is 97.0 Å². The number of hydrogen-bond acceptors (Lipinski definition) is 3. The Morgan fingerprint density at radius 2 is 1.50 bits per heavy atom. The Bertz CT molecular complexity index is 1780. The lowest BCUT2D eigenvalue weighted by atomic mass is 9.94. The first-order valence-electron chi connectivity index (χ1n) is 11.9. The number of esters is 1. The SMILES string of the molecule is C=CC(=O)OC(Cl)c1ccccc1CCc1cc2ccccc2c2c1sc1ccc3ccccc3c12. The largest absolute Gasteiger partial charge is 0.438 e. The zero-order valence-corrected chi connectivity index (χ0v) is 21.1. The third-order valence-electron chi connectivity index (χ3n) is 6.78. The number of fused-ring (bicyclic) bond motifs is 7. The van der Waals surface area contributed by atoms with Gasteiger partial charge < -0.3 is 4.74 Å². The number of carbonyl (C=O) groups is 1. The van der Waals surface area contributed by atoms with Gasteiger partial charge in [0.05, 0.1) is 0 Å². The van der Waals surface area contributed by atoms with Gasteiger partial charge in [0.25, 0.3) is 0 Å². The van der Waals surface area contributed by atoms with Crippen molar-refractivity contribution in [2.24, 2.45) is 0 Å². The van der Waals surface area contributed by atoms with Crippen LogP contribution in [0.15, 0.2) is 104 Å². The maximum atomic E-state index is 11.7. The van der Waals surface area contributed by atoms with Crippen molar-refractivity contribution in [2.45, 2.75) is 18.4 Å². The Morgan fingerprint density at radius 1 is 0.833 bits per heavy atom. The van der Waals surface area contributed by atoms with E-state index in [1.54, 1.807) is 0 Å². The molecule has 176 valence electrons. The molecule has 5 aromatic carbocycles. The normalized spacial score (nSPS) is 12.4. The van der Waals surface area contributed by atoms with E-state index in [2.05, 4.69) is 79.4 Å². The van der Waals surface area contributed by atoms with E-state index in [0.717, 1.165) is 30.0 Å². The smallest absolute Gasteiger partial charge is 0.331 e. The second kappa shape index (κ2) is 9.42. The summed E-state index contributed by atoms with van der Waals surface area (Å²) >= 11 is 8.33. The number of alkyl halides is 1. The predicted octanol–water partition coefficient (Wildman–Crippen LogP) is 9.11. The van der Waals surface area contributed by atoms with Crippen LogP contribution in [0.25, 0.3) is 41.7 Å². The van der Waals surface area contributed by atoms with Crippen molar-refractivity contribution in [3.8, 4) is 0 Å². The van der Waals surface area contributed by atoms with E-state index in [9.17, 15) is 4.79 Å². The van der Waals surface area contributed by atoms with Crippen LogP contribution >= 0.6 is 22.9 Å². The Hall–Kier alpha value is -3.66. The molecule has 0 N–H and O–H groups in total. The molecule has 6 rings (SSSR count). The number of benzene rings is 5. The number of rotatable bonds is 6. The van der Waals surface area contributed by atoms with Gasteiger partial charge in [-0.05, 0) is 57.6 Å². The molecule has 1 heterocycles. The van der Waals surface area contributed by atoms with Gasteiger partial charge in [-0.2, -0.15) is 0 Å². The molecule has 6 aromatic rings. The number of aryl methyl sites for hydroxylation is 2. The van der Waals surface area contributed by atoms with E-state index >= 15 is 0 Å². The fourth-order valence-corrected chi connectivity index (χ4v) is 6.68. The highest BCUT2D eigenvalue weighted by molar-refractivity contribution is 7.26. The molecule has 2 nitrogen and oxygen atoms in total. The van der Waals surface area contributed by atoms with Crippen LogP contribution in [0.1, 0.15) is 22.3 Å². The van der Waals surface area contributed by atoms with Crippen LogP contribution < -0.4 is 0 Å². The van der Waals surface area contributed by atoms with Crippen LogP contribution in [0, 0.1) is 0 Å². The van der Waals surface area contributed by atoms with Gasteiger partial charge in [-0.3, -0.25) is 0 Å². The highest BCUT2D eigenvalue weighted by atomic mass is 35.5. The van der Waals surface area contributed by atoms with Crippen LogP contribution in [-0.2, 0) is 22.4 Å². The van der Waals surface area contributed by atoms with Crippen molar-refractivity contribution in [3.63, 3.8) is 0 Å². The van der Waals surface area contributed by atoms with Crippen molar-refractivity contribution in [3.05, 3.63) is 120 Å². The molecule has 0 aliphatic heterocycles. The van der Waals surface area contributed by atoms with Crippen LogP contribution in [0.4, 0.5) is 0 Å². The molecule has 0 saturated carbocycles. The Morgan fingerprint density at radius 3 is 2.31 bits per heavy atom. The van der Waals surface area contributed by atoms with Gasteiger partial charge in [0.15, 0.2) is 0 Å². The summed E-state index contributed by atoms with van der Waals surface area (Å²) in [6.45, 7) is 3.46. The molecule has 0 aliphatic carbocycles. The highest BCUT2D eigenvalue weighted by Crippen LogP contribution is 2.44. The molecule has 0 bridgehead atoms. The summed E-state index contributed by atoms with van der Waals surface area (Å²) in [5.74, 6) is -0.529. The lowest BCUT2D eigenvalue weighted by molar-refractivity contribution is -0.139. The zero-order valence-electron chi connectivity index (χ0n) is 19.5. The Balaban J connectivity index is 1.48. The van der Waals surface area contributed by atoms with Gasteiger partial charge in [-0.15, -0.1) is 11.3 Å². The summed E-state index contributed by atoms with van der Waals surface area (Å²) in [5.41, 5.74) is 2.35. The molecule has 4 heteroatoms. The van der Waals surface area contributed by atoms with Gasteiger partial charge in [0.2, 0.25) is 5.56 Å². The second-order valence-corrected chi connectivity index (χ2v) is 10.3. The number of ether oxygens (including phenoxy) is 1. The number of thiophene rings is 1. The van der Waals surface area contributed by atoms with Gasteiger partial charge >= 0.3 is 5.97 Å². The molecular weight excluding hydrogens is 484 g/mol. The Labute approximate surface area is 218 Å². The first-order chi connectivity index (χ1) is 17.6. The van der Waals surface area contributed by atoms with Gasteiger partial charge in [-0.25, -0.2) is 4.79 Å². The summed E-state index contributed by atoms with van der Waals surface area (Å²) in [4.78, 5) is 11.7. The minimum Gasteiger partial charge on any atom is -0.438 e. The number of halogens is 1. The average molecular weight is 507 g/mol. The maximum absolute atomic E-state index is 11.7. The fraction of sp³-hybridized carbons (Fsp3) is 0.0938. The zero-order chi connectivity index (χ0) is 24.6. The summed E-state index contributed by atoms with van der Waals surface area (Å²) < 4.78 is 7.93. The first kappa shape index (κ1) is 22.8. The summed E-state index contributed by atoms with van der Waals surface area (Å²) in [6.07, 6.45) is 2.77. The molecule has 1 unspecified atom stereocenters. The van der Waals surface area contributed by atoms with E-state index in [0.29, 0.717) is 0 Å². The van der Waals surface area contributed by atoms with Crippen molar-refractivity contribution < 1.29 is 9.53 Å². The lowest BCUT2D eigenvalue weighted by Gasteiger charge is -2.15. The van der Waals surface area contributed by atoms with Crippen molar-refractivity contribution in [1.29, 1.82) is 0 Å². The molecule has 0 radical (unpaired) electrons. The molecule has 0 saturated heterocycles. The standard InChI is InChI=1S/C32H23ClO2S/c1-2-28(34)35-32(33)26-14-8-4-10-21(26)15-16-23-19-22-11-5-7-13-25(22)30-29-24-12-6-3-9-20(24)17-18-27(29)36-31(23)30/h2-14,17-19,32H,1,15-16H2. The van der Waals surface area contributed by atoms with E-state index in [1.165, 1.54) is 47.3 Å². The molecule has 1 atom stereocenters. The summed E-state index contributed by atoms with van der Waals surface area (Å²) in [7, 11) is 0. The third-order valence-corrected chi connectivity index (χ3v) is 8.34. The van der Waals surface area contributed by atoms with E-state index in [1.807, 2.05) is 29.5 Å². The quantitative estimate of drug-likeness (QED) is 0.128. The minimum atomic E-state index is -0.848. The molecule has 0 spiro atoms. The third kappa shape index (κ3) is 3.95. The van der Waals surface area contributed by atoms with Crippen LogP contribution in [0.2, 0.25) is 0 Å². The lowest BCUT2D eigenvalue weighted by Crippen LogP contribution is -2.07.